The Balaban J connectivity index is 2.16. The molecule has 4 nitrogen and oxygen atoms in total. The summed E-state index contributed by atoms with van der Waals surface area (Å²) in [5.41, 5.74) is 2.81. The fourth-order valence-corrected chi connectivity index (χ4v) is 2.70. The number of para-hydroxylation sites is 1. The van der Waals surface area contributed by atoms with E-state index in [0.717, 1.165) is 40.2 Å². The quantitative estimate of drug-likeness (QED) is 0.556. The highest BCUT2D eigenvalue weighted by Crippen LogP contribution is 2.48. The first-order valence-electron chi connectivity index (χ1n) is 6.96. The largest absolute Gasteiger partial charge is 0.493 e. The van der Waals surface area contributed by atoms with Gasteiger partial charge in [0.15, 0.2) is 11.5 Å². The Morgan fingerprint density at radius 2 is 1.95 bits per heavy atom. The van der Waals surface area contributed by atoms with Crippen LogP contribution in [0.3, 0.4) is 0 Å². The minimum Gasteiger partial charge on any atom is -0.493 e. The topological polar surface area (TPSA) is 44.2 Å². The monoisotopic (exact) mass is 278 g/mol. The molecule has 2 heterocycles. The summed E-state index contributed by atoms with van der Waals surface area (Å²) in [4.78, 5) is 9.32. The molecule has 0 radical (unpaired) electrons. The second kappa shape index (κ2) is 4.45. The SMILES string of the molecule is CCc1nc2c3c(c(OC)ccc3n1)Oc1ccccc1-2. The van der Waals surface area contributed by atoms with Gasteiger partial charge < -0.3 is 9.47 Å². The zero-order valence-corrected chi connectivity index (χ0v) is 11.9. The molecular formula is C17H14N2O2. The third-order valence-corrected chi connectivity index (χ3v) is 3.72. The fourth-order valence-electron chi connectivity index (χ4n) is 2.70. The Bertz CT molecular complexity index is 859. The fraction of sp³-hybridized carbons (Fsp3) is 0.176. The van der Waals surface area contributed by atoms with Crippen LogP contribution in [0.2, 0.25) is 0 Å². The molecule has 0 amide bonds. The number of methoxy groups -OCH3 is 1. The molecule has 2 aromatic carbocycles. The second-order valence-electron chi connectivity index (χ2n) is 4.93. The standard InChI is InChI=1S/C17H14N2O2/c1-3-14-18-11-8-9-13(20-2)17-15(11)16(19-14)10-6-4-5-7-12(10)21-17/h4-9H,3H2,1-2H3. The molecule has 0 spiro atoms. The molecular weight excluding hydrogens is 264 g/mol. The van der Waals surface area contributed by atoms with E-state index >= 15 is 0 Å². The van der Waals surface area contributed by atoms with Crippen molar-refractivity contribution >= 4 is 10.9 Å². The number of fused-ring (bicyclic) bond motifs is 2. The lowest BCUT2D eigenvalue weighted by Crippen LogP contribution is -2.04. The van der Waals surface area contributed by atoms with E-state index in [1.54, 1.807) is 7.11 Å². The molecule has 21 heavy (non-hydrogen) atoms. The number of hydrogen-bond acceptors (Lipinski definition) is 4. The van der Waals surface area contributed by atoms with Gasteiger partial charge in [0.05, 0.1) is 23.7 Å². The number of benzene rings is 2. The van der Waals surface area contributed by atoms with Crippen molar-refractivity contribution in [1.82, 2.24) is 9.97 Å². The Labute approximate surface area is 122 Å². The molecule has 0 aliphatic carbocycles. The van der Waals surface area contributed by atoms with Crippen LogP contribution in [0.5, 0.6) is 17.2 Å². The maximum Gasteiger partial charge on any atom is 0.180 e. The molecule has 0 atom stereocenters. The normalized spacial score (nSPS) is 11.9. The average Bonchev–Trinajstić information content (AvgIpc) is 2.55. The van der Waals surface area contributed by atoms with E-state index in [-0.39, 0.29) is 0 Å². The van der Waals surface area contributed by atoms with Crippen molar-refractivity contribution in [2.24, 2.45) is 0 Å². The summed E-state index contributed by atoms with van der Waals surface area (Å²) in [6.45, 7) is 2.06. The molecule has 0 N–H and O–H groups in total. The first-order chi connectivity index (χ1) is 10.3. The molecule has 0 unspecified atom stereocenters. The lowest BCUT2D eigenvalue weighted by molar-refractivity contribution is 0.381. The summed E-state index contributed by atoms with van der Waals surface area (Å²) in [5, 5.41) is 0.922. The van der Waals surface area contributed by atoms with E-state index in [2.05, 4.69) is 11.9 Å². The van der Waals surface area contributed by atoms with Crippen LogP contribution in [0.15, 0.2) is 36.4 Å². The van der Waals surface area contributed by atoms with Crippen LogP contribution in [0.1, 0.15) is 12.7 Å². The summed E-state index contributed by atoms with van der Waals surface area (Å²) in [5.74, 6) is 3.04. The second-order valence-corrected chi connectivity index (χ2v) is 4.93. The maximum atomic E-state index is 6.04. The van der Waals surface area contributed by atoms with Crippen LogP contribution in [0.4, 0.5) is 0 Å². The Kier molecular flexibility index (Phi) is 2.57. The van der Waals surface area contributed by atoms with Crippen LogP contribution in [-0.2, 0) is 6.42 Å². The molecule has 3 aromatic rings. The van der Waals surface area contributed by atoms with Crippen LogP contribution in [-0.4, -0.2) is 17.1 Å². The first-order valence-corrected chi connectivity index (χ1v) is 6.96. The lowest BCUT2D eigenvalue weighted by atomic mass is 10.0. The molecule has 1 aliphatic heterocycles. The summed E-state index contributed by atoms with van der Waals surface area (Å²) in [6, 6.07) is 11.8. The summed E-state index contributed by atoms with van der Waals surface area (Å²) in [6.07, 6.45) is 0.799. The van der Waals surface area contributed by atoms with Gasteiger partial charge in [-0.05, 0) is 24.3 Å². The van der Waals surface area contributed by atoms with Crippen molar-refractivity contribution in [2.75, 3.05) is 7.11 Å². The van der Waals surface area contributed by atoms with Gasteiger partial charge in [-0.25, -0.2) is 9.97 Å². The van der Waals surface area contributed by atoms with Crippen molar-refractivity contribution in [1.29, 1.82) is 0 Å². The molecule has 0 saturated carbocycles. The molecule has 0 fully saturated rings. The molecule has 1 aliphatic rings. The third kappa shape index (κ3) is 1.69. The van der Waals surface area contributed by atoms with Crippen molar-refractivity contribution in [3.05, 3.63) is 42.2 Å². The molecule has 0 bridgehead atoms. The van der Waals surface area contributed by atoms with Crippen molar-refractivity contribution in [3.63, 3.8) is 0 Å². The van der Waals surface area contributed by atoms with Gasteiger partial charge in [0.25, 0.3) is 0 Å². The number of aryl methyl sites for hydroxylation is 1. The van der Waals surface area contributed by atoms with Crippen LogP contribution in [0.25, 0.3) is 22.2 Å². The van der Waals surface area contributed by atoms with E-state index in [9.17, 15) is 0 Å². The van der Waals surface area contributed by atoms with Crippen molar-refractivity contribution in [3.8, 4) is 28.5 Å². The summed E-state index contributed by atoms with van der Waals surface area (Å²) in [7, 11) is 1.64. The average molecular weight is 278 g/mol. The predicted molar refractivity (Wildman–Crippen MR) is 81.0 cm³/mol. The minimum atomic E-state index is 0.700. The zero-order valence-electron chi connectivity index (χ0n) is 11.9. The van der Waals surface area contributed by atoms with E-state index in [0.29, 0.717) is 11.5 Å². The highest BCUT2D eigenvalue weighted by Gasteiger charge is 2.25. The highest BCUT2D eigenvalue weighted by molar-refractivity contribution is 6.02. The number of rotatable bonds is 2. The number of aromatic nitrogens is 2. The predicted octanol–water partition coefficient (Wildman–Crippen LogP) is 3.97. The van der Waals surface area contributed by atoms with Gasteiger partial charge in [-0.3, -0.25) is 0 Å². The van der Waals surface area contributed by atoms with Gasteiger partial charge in [-0.15, -0.1) is 0 Å². The third-order valence-electron chi connectivity index (χ3n) is 3.72. The molecule has 104 valence electrons. The van der Waals surface area contributed by atoms with Crippen molar-refractivity contribution < 1.29 is 9.47 Å². The highest BCUT2D eigenvalue weighted by atomic mass is 16.5. The first kappa shape index (κ1) is 12.1. The van der Waals surface area contributed by atoms with Gasteiger partial charge in [0, 0.05) is 12.0 Å². The minimum absolute atomic E-state index is 0.700. The molecule has 0 saturated heterocycles. The van der Waals surface area contributed by atoms with E-state index in [1.165, 1.54) is 0 Å². The molecule has 4 heteroatoms. The zero-order chi connectivity index (χ0) is 14.4. The molecule has 1 aromatic heterocycles. The smallest absolute Gasteiger partial charge is 0.180 e. The Morgan fingerprint density at radius 1 is 1.10 bits per heavy atom. The number of ether oxygens (including phenoxy) is 2. The van der Waals surface area contributed by atoms with Gasteiger partial charge >= 0.3 is 0 Å². The van der Waals surface area contributed by atoms with Crippen LogP contribution in [0, 0.1) is 0 Å². The van der Waals surface area contributed by atoms with Gasteiger partial charge in [-0.2, -0.15) is 0 Å². The van der Waals surface area contributed by atoms with Crippen LogP contribution < -0.4 is 9.47 Å². The van der Waals surface area contributed by atoms with E-state index in [4.69, 9.17) is 14.5 Å². The Morgan fingerprint density at radius 3 is 2.76 bits per heavy atom. The maximum absolute atomic E-state index is 6.04. The number of nitrogens with zero attached hydrogens (tertiary/aromatic N) is 2. The number of hydrogen-bond donors (Lipinski definition) is 0. The molecule has 4 rings (SSSR count). The van der Waals surface area contributed by atoms with Gasteiger partial charge in [-0.1, -0.05) is 19.1 Å². The summed E-state index contributed by atoms with van der Waals surface area (Å²) >= 11 is 0. The van der Waals surface area contributed by atoms with E-state index < -0.39 is 0 Å². The van der Waals surface area contributed by atoms with Gasteiger partial charge in [0.2, 0.25) is 0 Å². The van der Waals surface area contributed by atoms with Crippen molar-refractivity contribution in [2.45, 2.75) is 13.3 Å². The Hall–Kier alpha value is -2.62. The lowest BCUT2D eigenvalue weighted by Gasteiger charge is -2.22. The summed E-state index contributed by atoms with van der Waals surface area (Å²) < 4.78 is 11.5. The van der Waals surface area contributed by atoms with Crippen LogP contribution >= 0.6 is 0 Å². The van der Waals surface area contributed by atoms with E-state index in [1.807, 2.05) is 36.4 Å². The van der Waals surface area contributed by atoms with Gasteiger partial charge in [0.1, 0.15) is 11.6 Å².